The van der Waals surface area contributed by atoms with E-state index in [0.717, 1.165) is 5.56 Å². The number of hydrogen-bond acceptors (Lipinski definition) is 4. The molecule has 0 aliphatic carbocycles. The van der Waals surface area contributed by atoms with Gasteiger partial charge >= 0.3 is 0 Å². The van der Waals surface area contributed by atoms with Gasteiger partial charge in [-0.2, -0.15) is 0 Å². The Hall–Kier alpha value is -2.08. The SMILES string of the molecule is O=C1NC(O)CCC1N1Cc2ccc(O)cc2C1=O. The Balaban J connectivity index is 1.86. The molecule has 6 heteroatoms. The van der Waals surface area contributed by atoms with Crippen molar-refractivity contribution in [1.82, 2.24) is 10.2 Å². The fourth-order valence-corrected chi connectivity index (χ4v) is 2.64. The predicted octanol–water partition coefficient (Wildman–Crippen LogP) is -0.0550. The lowest BCUT2D eigenvalue weighted by molar-refractivity contribution is -0.132. The number of benzene rings is 1. The Kier molecular flexibility index (Phi) is 2.67. The molecular weight excluding hydrogens is 248 g/mol. The van der Waals surface area contributed by atoms with E-state index in [1.165, 1.54) is 17.0 Å². The number of piperidine rings is 1. The summed E-state index contributed by atoms with van der Waals surface area (Å²) in [5.41, 5.74) is 1.25. The first-order chi connectivity index (χ1) is 9.06. The van der Waals surface area contributed by atoms with Crippen molar-refractivity contribution in [1.29, 1.82) is 0 Å². The standard InChI is InChI=1S/C13H14N2O4/c16-8-2-1-7-6-15(13(19)9(7)5-8)10-3-4-11(17)14-12(10)18/h1-2,5,10-11,16-17H,3-4,6H2,(H,14,18). The Morgan fingerprint density at radius 2 is 2.05 bits per heavy atom. The molecule has 0 saturated carbocycles. The average Bonchev–Trinajstić information content (AvgIpc) is 2.67. The van der Waals surface area contributed by atoms with Gasteiger partial charge in [0.15, 0.2) is 0 Å². The maximum Gasteiger partial charge on any atom is 0.255 e. The highest BCUT2D eigenvalue weighted by Crippen LogP contribution is 2.29. The first-order valence-electron chi connectivity index (χ1n) is 6.17. The smallest absolute Gasteiger partial charge is 0.255 e. The third-order valence-electron chi connectivity index (χ3n) is 3.63. The summed E-state index contributed by atoms with van der Waals surface area (Å²) < 4.78 is 0. The van der Waals surface area contributed by atoms with Crippen LogP contribution < -0.4 is 5.32 Å². The van der Waals surface area contributed by atoms with Gasteiger partial charge in [0.2, 0.25) is 5.91 Å². The predicted molar refractivity (Wildman–Crippen MR) is 65.2 cm³/mol. The van der Waals surface area contributed by atoms with Crippen LogP contribution in [0.5, 0.6) is 5.75 Å². The number of carbonyl (C=O) groups is 2. The molecule has 2 atom stereocenters. The van der Waals surface area contributed by atoms with Crippen molar-refractivity contribution in [3.63, 3.8) is 0 Å². The van der Waals surface area contributed by atoms with Gasteiger partial charge in [-0.1, -0.05) is 6.07 Å². The number of aliphatic hydroxyl groups excluding tert-OH is 1. The second kappa shape index (κ2) is 4.24. The van der Waals surface area contributed by atoms with E-state index in [1.807, 2.05) is 0 Å². The van der Waals surface area contributed by atoms with Crippen molar-refractivity contribution >= 4 is 11.8 Å². The van der Waals surface area contributed by atoms with Gasteiger partial charge in [0.25, 0.3) is 5.91 Å². The molecule has 2 amide bonds. The van der Waals surface area contributed by atoms with Crippen LogP contribution in [-0.4, -0.2) is 39.2 Å². The molecule has 6 nitrogen and oxygen atoms in total. The van der Waals surface area contributed by atoms with Gasteiger partial charge in [-0.25, -0.2) is 0 Å². The van der Waals surface area contributed by atoms with Crippen LogP contribution in [0, 0.1) is 0 Å². The number of phenolic OH excluding ortho intramolecular Hbond substituents is 1. The van der Waals surface area contributed by atoms with Crippen LogP contribution in [0.25, 0.3) is 0 Å². The molecule has 2 heterocycles. The number of nitrogens with one attached hydrogen (secondary N) is 1. The highest BCUT2D eigenvalue weighted by Gasteiger charge is 2.38. The van der Waals surface area contributed by atoms with Crippen molar-refractivity contribution in [2.75, 3.05) is 0 Å². The van der Waals surface area contributed by atoms with Crippen molar-refractivity contribution < 1.29 is 19.8 Å². The summed E-state index contributed by atoms with van der Waals surface area (Å²) in [6.07, 6.45) is 0.0494. The molecule has 1 aromatic rings. The molecule has 0 spiro atoms. The average molecular weight is 262 g/mol. The van der Waals surface area contributed by atoms with Gasteiger partial charge in [0.1, 0.15) is 18.0 Å². The van der Waals surface area contributed by atoms with E-state index in [9.17, 15) is 19.8 Å². The Labute approximate surface area is 109 Å². The van der Waals surface area contributed by atoms with Crippen LogP contribution in [0.1, 0.15) is 28.8 Å². The van der Waals surface area contributed by atoms with Gasteiger partial charge in [0, 0.05) is 12.1 Å². The highest BCUT2D eigenvalue weighted by molar-refractivity contribution is 6.01. The number of nitrogens with zero attached hydrogens (tertiary/aromatic N) is 1. The maximum atomic E-state index is 12.2. The van der Waals surface area contributed by atoms with E-state index in [1.54, 1.807) is 6.07 Å². The summed E-state index contributed by atoms with van der Waals surface area (Å²) in [7, 11) is 0. The van der Waals surface area contributed by atoms with Crippen molar-refractivity contribution in [2.24, 2.45) is 0 Å². The third-order valence-corrected chi connectivity index (χ3v) is 3.63. The van der Waals surface area contributed by atoms with Gasteiger partial charge in [0.05, 0.1) is 0 Å². The number of carbonyl (C=O) groups excluding carboxylic acids is 2. The lowest BCUT2D eigenvalue weighted by Gasteiger charge is -2.32. The number of fused-ring (bicyclic) bond motifs is 1. The molecular formula is C13H14N2O4. The second-order valence-electron chi connectivity index (χ2n) is 4.89. The number of amides is 2. The number of rotatable bonds is 1. The van der Waals surface area contributed by atoms with Crippen molar-refractivity contribution in [3.05, 3.63) is 29.3 Å². The minimum absolute atomic E-state index is 0.0393. The first kappa shape index (κ1) is 12.0. The molecule has 0 bridgehead atoms. The minimum atomic E-state index is -0.826. The Morgan fingerprint density at radius 3 is 2.79 bits per heavy atom. The topological polar surface area (TPSA) is 89.9 Å². The molecule has 100 valence electrons. The van der Waals surface area contributed by atoms with Crippen LogP contribution >= 0.6 is 0 Å². The fraction of sp³-hybridized carbons (Fsp3) is 0.385. The molecule has 3 rings (SSSR count). The number of aromatic hydroxyl groups is 1. The van der Waals surface area contributed by atoms with Crippen molar-refractivity contribution in [2.45, 2.75) is 31.7 Å². The summed E-state index contributed by atoms with van der Waals surface area (Å²) in [6.45, 7) is 0.364. The van der Waals surface area contributed by atoms with Crippen LogP contribution in [0.4, 0.5) is 0 Å². The number of phenols is 1. The van der Waals surface area contributed by atoms with E-state index >= 15 is 0 Å². The van der Waals surface area contributed by atoms with Gasteiger partial charge in [-0.15, -0.1) is 0 Å². The molecule has 19 heavy (non-hydrogen) atoms. The molecule has 0 radical (unpaired) electrons. The first-order valence-corrected chi connectivity index (χ1v) is 6.17. The third kappa shape index (κ3) is 1.94. The monoisotopic (exact) mass is 262 g/mol. The lowest BCUT2D eigenvalue weighted by atomic mass is 10.0. The molecule has 3 N–H and O–H groups in total. The summed E-state index contributed by atoms with van der Waals surface area (Å²) in [4.78, 5) is 25.6. The van der Waals surface area contributed by atoms with Gasteiger partial charge in [-0.05, 0) is 30.5 Å². The van der Waals surface area contributed by atoms with E-state index in [4.69, 9.17) is 0 Å². The van der Waals surface area contributed by atoms with Crippen LogP contribution in [0.3, 0.4) is 0 Å². The summed E-state index contributed by atoms with van der Waals surface area (Å²) >= 11 is 0. The normalized spacial score (nSPS) is 26.3. The minimum Gasteiger partial charge on any atom is -0.508 e. The van der Waals surface area contributed by atoms with E-state index in [-0.39, 0.29) is 17.6 Å². The molecule has 1 aromatic carbocycles. The van der Waals surface area contributed by atoms with Gasteiger partial charge in [-0.3, -0.25) is 9.59 Å². The van der Waals surface area contributed by atoms with E-state index in [2.05, 4.69) is 5.32 Å². The molecule has 2 aliphatic rings. The Bertz CT molecular complexity index is 558. The number of hydrogen-bond donors (Lipinski definition) is 3. The maximum absolute atomic E-state index is 12.2. The lowest BCUT2D eigenvalue weighted by Crippen LogP contribution is -2.54. The fourth-order valence-electron chi connectivity index (χ4n) is 2.64. The highest BCUT2D eigenvalue weighted by atomic mass is 16.3. The number of aliphatic hydroxyl groups is 1. The molecule has 1 fully saturated rings. The summed E-state index contributed by atoms with van der Waals surface area (Å²) in [5.74, 6) is -0.538. The molecule has 2 aliphatic heterocycles. The van der Waals surface area contributed by atoms with E-state index < -0.39 is 12.3 Å². The quantitative estimate of drug-likeness (QED) is 0.661. The largest absolute Gasteiger partial charge is 0.508 e. The zero-order chi connectivity index (χ0) is 13.6. The van der Waals surface area contributed by atoms with Crippen molar-refractivity contribution in [3.8, 4) is 5.75 Å². The van der Waals surface area contributed by atoms with E-state index in [0.29, 0.717) is 24.9 Å². The summed E-state index contributed by atoms with van der Waals surface area (Å²) in [6, 6.07) is 4.09. The van der Waals surface area contributed by atoms with Gasteiger partial charge < -0.3 is 20.4 Å². The van der Waals surface area contributed by atoms with Crippen LogP contribution in [0.15, 0.2) is 18.2 Å². The zero-order valence-electron chi connectivity index (χ0n) is 10.2. The zero-order valence-corrected chi connectivity index (χ0v) is 10.2. The summed E-state index contributed by atoms with van der Waals surface area (Å²) in [5, 5.41) is 21.2. The second-order valence-corrected chi connectivity index (χ2v) is 4.89. The molecule has 0 aromatic heterocycles. The Morgan fingerprint density at radius 1 is 1.26 bits per heavy atom. The molecule has 1 saturated heterocycles. The van der Waals surface area contributed by atoms with Crippen LogP contribution in [-0.2, 0) is 11.3 Å². The molecule has 2 unspecified atom stereocenters. The van der Waals surface area contributed by atoms with Crippen LogP contribution in [0.2, 0.25) is 0 Å².